The van der Waals surface area contributed by atoms with E-state index in [1.807, 2.05) is 24.3 Å². The van der Waals surface area contributed by atoms with Crippen molar-refractivity contribution in [1.29, 1.82) is 5.26 Å². The van der Waals surface area contributed by atoms with Crippen LogP contribution in [0.1, 0.15) is 28.3 Å². The second-order valence-electron chi connectivity index (χ2n) is 13.7. The summed E-state index contributed by atoms with van der Waals surface area (Å²) < 4.78 is 0. The van der Waals surface area contributed by atoms with Crippen LogP contribution < -0.4 is 4.90 Å². The molecule has 1 heterocycles. The molecule has 250 valence electrons. The normalized spacial score (nSPS) is 13.6. The van der Waals surface area contributed by atoms with E-state index in [0.29, 0.717) is 5.56 Å². The van der Waals surface area contributed by atoms with Crippen LogP contribution in [0.5, 0.6) is 0 Å². The first-order chi connectivity index (χ1) is 26.1. The monoisotopic (exact) mass is 676 g/mol. The molecule has 0 bridgehead atoms. The molecule has 1 aliphatic heterocycles. The molecule has 8 aromatic carbocycles. The highest BCUT2D eigenvalue weighted by Crippen LogP contribution is 2.48. The fourth-order valence-electron chi connectivity index (χ4n) is 7.81. The van der Waals surface area contributed by atoms with Gasteiger partial charge in [0, 0.05) is 18.0 Å². The van der Waals surface area contributed by atoms with Crippen molar-refractivity contribution in [2.75, 3.05) is 11.9 Å². The number of likely N-dealkylation sites (N-methyl/N-ethyl adjacent to an activating group) is 1. The van der Waals surface area contributed by atoms with Gasteiger partial charge < -0.3 is 4.90 Å². The second-order valence-corrected chi connectivity index (χ2v) is 13.7. The summed E-state index contributed by atoms with van der Waals surface area (Å²) in [5, 5.41) is 11.7. The topological polar surface area (TPSA) is 27.0 Å². The van der Waals surface area contributed by atoms with Gasteiger partial charge in [0.05, 0.1) is 23.4 Å². The molecule has 0 amide bonds. The number of nitriles is 1. The van der Waals surface area contributed by atoms with Gasteiger partial charge in [-0.3, -0.25) is 0 Å². The average molecular weight is 677 g/mol. The van der Waals surface area contributed by atoms with Gasteiger partial charge in [-0.25, -0.2) is 0 Å². The van der Waals surface area contributed by atoms with Crippen molar-refractivity contribution in [3.8, 4) is 50.6 Å². The molecule has 0 N–H and O–H groups in total. The van der Waals surface area contributed by atoms with E-state index in [9.17, 15) is 5.26 Å². The van der Waals surface area contributed by atoms with Gasteiger partial charge in [-0.05, 0) is 90.9 Å². The summed E-state index contributed by atoms with van der Waals surface area (Å²) in [5.41, 5.74) is 16.3. The number of anilines is 1. The van der Waals surface area contributed by atoms with Crippen molar-refractivity contribution in [3.63, 3.8) is 0 Å². The first kappa shape index (κ1) is 32.0. The quantitative estimate of drug-likeness (QED) is 0.175. The molecule has 0 saturated carbocycles. The summed E-state index contributed by atoms with van der Waals surface area (Å²) in [6.45, 7) is 0. The summed E-state index contributed by atoms with van der Waals surface area (Å²) in [7, 11) is 2.24. The van der Waals surface area contributed by atoms with Gasteiger partial charge in [0.15, 0.2) is 0 Å². The third-order valence-electron chi connectivity index (χ3n) is 10.6. The smallest absolute Gasteiger partial charge is 0.0991 e. The largest absolute Gasteiger partial charge is 0.363 e. The Morgan fingerprint density at radius 1 is 0.434 bits per heavy atom. The molecule has 0 fully saturated rings. The molecular weight excluding hydrogens is 641 g/mol. The summed E-state index contributed by atoms with van der Waals surface area (Å²) in [4.78, 5) is 2.45. The van der Waals surface area contributed by atoms with E-state index in [4.69, 9.17) is 0 Å². The SMILES string of the molecule is CN1c2c(cc(-c3ccc(-c4ccc(C#N)cc4)cc3)c3ccccc23)C(c2ccc(-c3ccccc3)cc2)=CC1c1ccc(-c2ccccc2)cc1. The fourth-order valence-corrected chi connectivity index (χ4v) is 7.81. The van der Waals surface area contributed by atoms with Gasteiger partial charge in [0.2, 0.25) is 0 Å². The van der Waals surface area contributed by atoms with Crippen LogP contribution in [0.3, 0.4) is 0 Å². The lowest BCUT2D eigenvalue weighted by Gasteiger charge is -2.37. The second kappa shape index (κ2) is 13.6. The first-order valence-corrected chi connectivity index (χ1v) is 18.1. The van der Waals surface area contributed by atoms with Crippen LogP contribution in [0.2, 0.25) is 0 Å². The van der Waals surface area contributed by atoms with E-state index in [1.54, 1.807) is 0 Å². The maximum absolute atomic E-state index is 9.26. The van der Waals surface area contributed by atoms with Crippen molar-refractivity contribution in [3.05, 3.63) is 216 Å². The zero-order valence-electron chi connectivity index (χ0n) is 29.4. The van der Waals surface area contributed by atoms with Crippen molar-refractivity contribution in [2.24, 2.45) is 0 Å². The predicted octanol–water partition coefficient (Wildman–Crippen LogP) is 13.0. The average Bonchev–Trinajstić information content (AvgIpc) is 3.24. The van der Waals surface area contributed by atoms with Gasteiger partial charge in [0.1, 0.15) is 0 Å². The van der Waals surface area contributed by atoms with E-state index in [0.717, 1.165) is 11.1 Å². The van der Waals surface area contributed by atoms with Crippen molar-refractivity contribution in [1.82, 2.24) is 0 Å². The molecule has 0 aromatic heterocycles. The Hall–Kier alpha value is -6.95. The molecule has 0 aliphatic carbocycles. The third-order valence-corrected chi connectivity index (χ3v) is 10.6. The molecule has 53 heavy (non-hydrogen) atoms. The van der Waals surface area contributed by atoms with Crippen molar-refractivity contribution < 1.29 is 0 Å². The van der Waals surface area contributed by atoms with Crippen LogP contribution >= 0.6 is 0 Å². The number of nitrogens with zero attached hydrogens (tertiary/aromatic N) is 2. The van der Waals surface area contributed by atoms with Gasteiger partial charge >= 0.3 is 0 Å². The van der Waals surface area contributed by atoms with Gasteiger partial charge in [-0.2, -0.15) is 5.26 Å². The van der Waals surface area contributed by atoms with Crippen LogP contribution in [0.25, 0.3) is 60.9 Å². The van der Waals surface area contributed by atoms with E-state index in [2.05, 4.69) is 188 Å². The molecule has 2 nitrogen and oxygen atoms in total. The Kier molecular flexibility index (Phi) is 8.23. The van der Waals surface area contributed by atoms with E-state index >= 15 is 0 Å². The number of hydrogen-bond donors (Lipinski definition) is 0. The fraction of sp³-hybridized carbons (Fsp3) is 0.0392. The van der Waals surface area contributed by atoms with Crippen LogP contribution in [-0.2, 0) is 0 Å². The highest BCUT2D eigenvalue weighted by atomic mass is 15.1. The van der Waals surface area contributed by atoms with Crippen LogP contribution in [-0.4, -0.2) is 7.05 Å². The van der Waals surface area contributed by atoms with E-state index in [1.165, 1.54) is 72.1 Å². The van der Waals surface area contributed by atoms with Crippen molar-refractivity contribution >= 4 is 22.0 Å². The molecule has 1 atom stereocenters. The Bertz CT molecular complexity index is 2630. The Morgan fingerprint density at radius 2 is 0.868 bits per heavy atom. The van der Waals surface area contributed by atoms with Gasteiger partial charge in [0.25, 0.3) is 0 Å². The highest BCUT2D eigenvalue weighted by Gasteiger charge is 2.29. The zero-order chi connectivity index (χ0) is 35.7. The third kappa shape index (κ3) is 5.99. The first-order valence-electron chi connectivity index (χ1n) is 18.1. The summed E-state index contributed by atoms with van der Waals surface area (Å²) in [6.07, 6.45) is 2.45. The predicted molar refractivity (Wildman–Crippen MR) is 222 cm³/mol. The molecule has 8 aromatic rings. The summed E-state index contributed by atoms with van der Waals surface area (Å²) >= 11 is 0. The summed E-state index contributed by atoms with van der Waals surface area (Å²) in [5.74, 6) is 0. The van der Waals surface area contributed by atoms with E-state index < -0.39 is 0 Å². The zero-order valence-corrected chi connectivity index (χ0v) is 29.4. The maximum atomic E-state index is 9.26. The van der Waals surface area contributed by atoms with Crippen molar-refractivity contribution in [2.45, 2.75) is 6.04 Å². The molecule has 0 spiro atoms. The van der Waals surface area contributed by atoms with E-state index in [-0.39, 0.29) is 6.04 Å². The molecule has 2 heteroatoms. The van der Waals surface area contributed by atoms with Crippen LogP contribution in [0.4, 0.5) is 5.69 Å². The lowest BCUT2D eigenvalue weighted by Crippen LogP contribution is -2.27. The Labute approximate surface area is 311 Å². The molecule has 1 aliphatic rings. The lowest BCUT2D eigenvalue weighted by atomic mass is 9.83. The highest BCUT2D eigenvalue weighted by molar-refractivity contribution is 6.10. The van der Waals surface area contributed by atoms with Gasteiger partial charge in [-0.1, -0.05) is 170 Å². The number of hydrogen-bond acceptors (Lipinski definition) is 2. The maximum Gasteiger partial charge on any atom is 0.0991 e. The Morgan fingerprint density at radius 3 is 1.42 bits per heavy atom. The number of fused-ring (bicyclic) bond motifs is 3. The molecule has 1 unspecified atom stereocenters. The van der Waals surface area contributed by atoms with Gasteiger partial charge in [-0.15, -0.1) is 0 Å². The minimum Gasteiger partial charge on any atom is -0.363 e. The molecular formula is C51H36N2. The minimum atomic E-state index is 0.0390. The van der Waals surface area contributed by atoms with Crippen LogP contribution in [0, 0.1) is 11.3 Å². The summed E-state index contributed by atoms with van der Waals surface area (Å²) in [6, 6.07) is 69.4. The number of benzene rings is 8. The lowest BCUT2D eigenvalue weighted by molar-refractivity contribution is 0.805. The minimum absolute atomic E-state index is 0.0390. The molecule has 0 saturated heterocycles. The Balaban J connectivity index is 1.19. The van der Waals surface area contributed by atoms with Crippen LogP contribution in [0.15, 0.2) is 194 Å². The standard InChI is InChI=1S/C51H36N2/c1-53-50(44-30-24-40(25-31-44)37-12-6-3-7-13-37)33-48(43-28-20-39(21-29-43)36-10-4-2-5-11-36)49-32-47(45-14-8-9-15-46(45)51(49)53)42-26-22-41(23-27-42)38-18-16-35(34-52)17-19-38/h2-33,50H,1H3. The number of rotatable bonds is 6. The molecule has 9 rings (SSSR count). The molecule has 0 radical (unpaired) electrons.